The Kier molecular flexibility index (Phi) is 10.0. The van der Waals surface area contributed by atoms with Gasteiger partial charge < -0.3 is 8.85 Å². The quantitative estimate of drug-likeness (QED) is 0.341. The Labute approximate surface area is 122 Å². The first-order valence-electron chi connectivity index (χ1n) is 8.29. The van der Waals surface area contributed by atoms with Crippen molar-refractivity contribution in [2.24, 2.45) is 0 Å². The fraction of sp³-hybridized carbons (Fsp3) is 1.00. The maximum Gasteiger partial charge on any atom is 0.338 e. The van der Waals surface area contributed by atoms with Crippen molar-refractivity contribution >= 4 is 8.56 Å². The van der Waals surface area contributed by atoms with E-state index in [1.54, 1.807) is 0 Å². The average Bonchev–Trinajstić information content (AvgIpc) is 2.29. The molecule has 3 heteroatoms. The van der Waals surface area contributed by atoms with E-state index in [-0.39, 0.29) is 5.60 Å². The van der Waals surface area contributed by atoms with E-state index >= 15 is 0 Å². The van der Waals surface area contributed by atoms with Gasteiger partial charge in [-0.3, -0.25) is 0 Å². The number of unbranched alkanes of at least 4 members (excludes halogenated alkanes) is 1. The first-order chi connectivity index (χ1) is 8.95. The van der Waals surface area contributed by atoms with E-state index in [0.717, 1.165) is 31.5 Å². The Bertz CT molecular complexity index is 211. The zero-order chi connectivity index (χ0) is 14.8. The van der Waals surface area contributed by atoms with Gasteiger partial charge in [-0.2, -0.15) is 0 Å². The summed E-state index contributed by atoms with van der Waals surface area (Å²) in [5, 5.41) is 0. The highest BCUT2D eigenvalue weighted by Gasteiger charge is 2.40. The third-order valence-corrected chi connectivity index (χ3v) is 7.62. The highest BCUT2D eigenvalue weighted by molar-refractivity contribution is 6.67. The van der Waals surface area contributed by atoms with Gasteiger partial charge in [-0.05, 0) is 38.8 Å². The second kappa shape index (κ2) is 9.95. The van der Waals surface area contributed by atoms with Gasteiger partial charge in [0.1, 0.15) is 0 Å². The molecule has 0 unspecified atom stereocenters. The van der Waals surface area contributed by atoms with Gasteiger partial charge in [0.05, 0.1) is 5.60 Å². The summed E-state index contributed by atoms with van der Waals surface area (Å²) in [6, 6.07) is 2.27. The zero-order valence-electron chi connectivity index (χ0n) is 14.2. The number of hydrogen-bond donors (Lipinski definition) is 0. The van der Waals surface area contributed by atoms with Crippen LogP contribution in [0.25, 0.3) is 0 Å². The second-order valence-electron chi connectivity index (χ2n) is 6.22. The van der Waals surface area contributed by atoms with Crippen LogP contribution in [0, 0.1) is 0 Å². The van der Waals surface area contributed by atoms with Crippen LogP contribution in [0.4, 0.5) is 0 Å². The van der Waals surface area contributed by atoms with Gasteiger partial charge in [0, 0.05) is 6.61 Å². The van der Waals surface area contributed by atoms with Gasteiger partial charge in [-0.15, -0.1) is 0 Å². The molecular weight excluding hydrogens is 252 g/mol. The molecule has 116 valence electrons. The standard InChI is InChI=1S/C16H36O2Si/c1-7-11-13-17-19(14-9-3,15-10-4)18-16(5,6)12-8-2/h7-15H2,1-6H3. The Morgan fingerprint density at radius 1 is 0.842 bits per heavy atom. The molecule has 0 saturated heterocycles. The number of hydrogen-bond acceptors (Lipinski definition) is 2. The lowest BCUT2D eigenvalue weighted by atomic mass is 10.0. The first kappa shape index (κ1) is 19.1. The summed E-state index contributed by atoms with van der Waals surface area (Å²) in [6.45, 7) is 14.3. The predicted molar refractivity (Wildman–Crippen MR) is 86.9 cm³/mol. The van der Waals surface area contributed by atoms with Crippen LogP contribution in [0.1, 0.15) is 80.1 Å². The van der Waals surface area contributed by atoms with Crippen LogP contribution >= 0.6 is 0 Å². The molecule has 0 aromatic heterocycles. The molecule has 19 heavy (non-hydrogen) atoms. The largest absolute Gasteiger partial charge is 0.394 e. The molecule has 0 atom stereocenters. The van der Waals surface area contributed by atoms with Crippen LogP contribution < -0.4 is 0 Å². The van der Waals surface area contributed by atoms with Crippen LogP contribution in [0.15, 0.2) is 0 Å². The summed E-state index contributed by atoms with van der Waals surface area (Å²) < 4.78 is 13.0. The molecule has 0 fully saturated rings. The van der Waals surface area contributed by atoms with E-state index in [4.69, 9.17) is 8.85 Å². The van der Waals surface area contributed by atoms with Gasteiger partial charge in [-0.1, -0.05) is 53.4 Å². The normalized spacial score (nSPS) is 12.9. The number of rotatable bonds is 12. The minimum Gasteiger partial charge on any atom is -0.394 e. The van der Waals surface area contributed by atoms with Crippen molar-refractivity contribution in [1.82, 2.24) is 0 Å². The predicted octanol–water partition coefficient (Wildman–Crippen LogP) is 5.66. The highest BCUT2D eigenvalue weighted by atomic mass is 28.4. The molecule has 0 aromatic carbocycles. The molecule has 0 amide bonds. The van der Waals surface area contributed by atoms with Crippen LogP contribution in [0.3, 0.4) is 0 Å². The van der Waals surface area contributed by atoms with Gasteiger partial charge >= 0.3 is 8.56 Å². The van der Waals surface area contributed by atoms with Crippen molar-refractivity contribution in [3.63, 3.8) is 0 Å². The summed E-state index contributed by atoms with van der Waals surface area (Å²) in [5.41, 5.74) is -0.0302. The summed E-state index contributed by atoms with van der Waals surface area (Å²) >= 11 is 0. The third kappa shape index (κ3) is 8.11. The molecule has 0 aliphatic heterocycles. The summed E-state index contributed by atoms with van der Waals surface area (Å²) in [6.07, 6.45) is 6.97. The lowest BCUT2D eigenvalue weighted by molar-refractivity contribution is 0.0394. The van der Waals surface area contributed by atoms with Crippen molar-refractivity contribution in [2.45, 2.75) is 97.8 Å². The van der Waals surface area contributed by atoms with Crippen LogP contribution in [0.2, 0.25) is 12.1 Å². The van der Waals surface area contributed by atoms with E-state index < -0.39 is 8.56 Å². The molecule has 0 spiro atoms. The van der Waals surface area contributed by atoms with Crippen LogP contribution in [0.5, 0.6) is 0 Å². The SMILES string of the molecule is CCCCO[Si](CCC)(CCC)OC(C)(C)CCC. The minimum absolute atomic E-state index is 0.0302. The van der Waals surface area contributed by atoms with E-state index in [2.05, 4.69) is 41.5 Å². The molecule has 0 rings (SSSR count). The fourth-order valence-electron chi connectivity index (χ4n) is 2.72. The molecule has 0 heterocycles. The van der Waals surface area contributed by atoms with Crippen molar-refractivity contribution in [1.29, 1.82) is 0 Å². The Balaban J connectivity index is 4.76. The molecular formula is C16H36O2Si. The lowest BCUT2D eigenvalue weighted by Gasteiger charge is -2.39. The van der Waals surface area contributed by atoms with E-state index in [0.29, 0.717) is 0 Å². The zero-order valence-corrected chi connectivity index (χ0v) is 15.2. The van der Waals surface area contributed by atoms with Crippen molar-refractivity contribution in [3.05, 3.63) is 0 Å². The third-order valence-electron chi connectivity index (χ3n) is 3.44. The van der Waals surface area contributed by atoms with Gasteiger partial charge in [0.25, 0.3) is 0 Å². The van der Waals surface area contributed by atoms with Crippen molar-refractivity contribution in [2.75, 3.05) is 6.61 Å². The molecule has 0 radical (unpaired) electrons. The Hall–Kier alpha value is 0.137. The first-order valence-corrected chi connectivity index (χ1v) is 10.5. The maximum atomic E-state index is 6.61. The summed E-state index contributed by atoms with van der Waals surface area (Å²) in [7, 11) is -2.01. The molecule has 0 saturated carbocycles. The fourth-order valence-corrected chi connectivity index (χ4v) is 6.67. The van der Waals surface area contributed by atoms with Crippen LogP contribution in [-0.2, 0) is 8.85 Å². The van der Waals surface area contributed by atoms with Gasteiger partial charge in [-0.25, -0.2) is 0 Å². The van der Waals surface area contributed by atoms with E-state index in [1.165, 1.54) is 25.7 Å². The Morgan fingerprint density at radius 3 is 1.84 bits per heavy atom. The Morgan fingerprint density at radius 2 is 1.42 bits per heavy atom. The molecule has 2 nitrogen and oxygen atoms in total. The molecule has 0 aromatic rings. The van der Waals surface area contributed by atoms with Crippen molar-refractivity contribution < 1.29 is 8.85 Å². The second-order valence-corrected chi connectivity index (χ2v) is 9.54. The topological polar surface area (TPSA) is 18.5 Å². The van der Waals surface area contributed by atoms with Gasteiger partial charge in [0.15, 0.2) is 0 Å². The maximum absolute atomic E-state index is 6.61. The van der Waals surface area contributed by atoms with Crippen molar-refractivity contribution in [3.8, 4) is 0 Å². The minimum atomic E-state index is -2.01. The smallest absolute Gasteiger partial charge is 0.338 e. The monoisotopic (exact) mass is 288 g/mol. The van der Waals surface area contributed by atoms with Crippen LogP contribution in [-0.4, -0.2) is 20.8 Å². The summed E-state index contributed by atoms with van der Waals surface area (Å²) in [4.78, 5) is 0. The average molecular weight is 289 g/mol. The molecule has 0 N–H and O–H groups in total. The summed E-state index contributed by atoms with van der Waals surface area (Å²) in [5.74, 6) is 0. The van der Waals surface area contributed by atoms with E-state index in [1.807, 2.05) is 0 Å². The molecule has 0 aliphatic rings. The van der Waals surface area contributed by atoms with E-state index in [9.17, 15) is 0 Å². The van der Waals surface area contributed by atoms with Gasteiger partial charge in [0.2, 0.25) is 0 Å². The highest BCUT2D eigenvalue weighted by Crippen LogP contribution is 2.30. The lowest BCUT2D eigenvalue weighted by Crippen LogP contribution is -2.48. The molecule has 0 bridgehead atoms. The molecule has 0 aliphatic carbocycles.